The third-order valence-corrected chi connectivity index (χ3v) is 3.24. The molecule has 0 spiro atoms. The lowest BCUT2D eigenvalue weighted by atomic mass is 10.2. The fraction of sp³-hybridized carbons (Fsp3) is 0.222. The summed E-state index contributed by atoms with van der Waals surface area (Å²) in [6.07, 6.45) is 1.08. The standard InChI is InChI=1S/C18H17N3O4/c1-14-16(11-17(12-20-14)21(23)24)9-5-6-10-19-18(22)25-13-15-7-3-2-4-8-15/h2-4,7-8,11-12H,6,10,13H2,1H3,(H,19,22). The predicted molar refractivity (Wildman–Crippen MR) is 91.8 cm³/mol. The highest BCUT2D eigenvalue weighted by Gasteiger charge is 2.08. The molecule has 0 aliphatic carbocycles. The molecule has 1 heterocycles. The van der Waals surface area contributed by atoms with Gasteiger partial charge in [-0.3, -0.25) is 15.1 Å². The van der Waals surface area contributed by atoms with E-state index in [2.05, 4.69) is 22.1 Å². The summed E-state index contributed by atoms with van der Waals surface area (Å²) in [6, 6.07) is 10.8. The van der Waals surface area contributed by atoms with Crippen molar-refractivity contribution in [3.05, 3.63) is 69.5 Å². The van der Waals surface area contributed by atoms with Gasteiger partial charge in [-0.1, -0.05) is 42.2 Å². The summed E-state index contributed by atoms with van der Waals surface area (Å²) < 4.78 is 5.07. The number of nitro groups is 1. The van der Waals surface area contributed by atoms with Crippen molar-refractivity contribution in [2.45, 2.75) is 20.0 Å². The minimum atomic E-state index is -0.515. The van der Waals surface area contributed by atoms with Crippen LogP contribution in [0, 0.1) is 28.9 Å². The molecule has 0 bridgehead atoms. The lowest BCUT2D eigenvalue weighted by Crippen LogP contribution is -2.24. The molecule has 128 valence electrons. The summed E-state index contributed by atoms with van der Waals surface area (Å²) in [5, 5.41) is 13.3. The zero-order chi connectivity index (χ0) is 18.1. The van der Waals surface area contributed by atoms with Crippen molar-refractivity contribution >= 4 is 11.8 Å². The van der Waals surface area contributed by atoms with Gasteiger partial charge < -0.3 is 10.1 Å². The number of rotatable bonds is 5. The third-order valence-electron chi connectivity index (χ3n) is 3.24. The number of alkyl carbamates (subject to hydrolysis) is 1. The van der Waals surface area contributed by atoms with Gasteiger partial charge in [-0.15, -0.1) is 0 Å². The van der Waals surface area contributed by atoms with Crippen molar-refractivity contribution in [1.29, 1.82) is 0 Å². The molecular weight excluding hydrogens is 322 g/mol. The summed E-state index contributed by atoms with van der Waals surface area (Å²) in [7, 11) is 0. The second-order valence-corrected chi connectivity index (χ2v) is 5.12. The maximum atomic E-state index is 11.6. The van der Waals surface area contributed by atoms with Gasteiger partial charge in [-0.05, 0) is 12.5 Å². The number of benzene rings is 1. The van der Waals surface area contributed by atoms with Gasteiger partial charge in [0.05, 0.1) is 16.2 Å². The van der Waals surface area contributed by atoms with E-state index in [-0.39, 0.29) is 12.3 Å². The Morgan fingerprint density at radius 3 is 2.84 bits per heavy atom. The molecule has 2 aromatic rings. The number of ether oxygens (including phenoxy) is 1. The van der Waals surface area contributed by atoms with Crippen LogP contribution in [-0.4, -0.2) is 22.5 Å². The molecule has 0 atom stereocenters. The Balaban J connectivity index is 1.76. The number of pyridine rings is 1. The van der Waals surface area contributed by atoms with Crippen LogP contribution in [0.5, 0.6) is 0 Å². The first-order valence-corrected chi connectivity index (χ1v) is 7.60. The number of hydrogen-bond acceptors (Lipinski definition) is 5. The number of nitrogens with one attached hydrogen (secondary N) is 1. The summed E-state index contributed by atoms with van der Waals surface area (Å²) in [6.45, 7) is 2.26. The lowest BCUT2D eigenvalue weighted by Gasteiger charge is -2.05. The van der Waals surface area contributed by atoms with Gasteiger partial charge in [0.1, 0.15) is 12.8 Å². The maximum Gasteiger partial charge on any atom is 0.407 e. The molecule has 7 heteroatoms. The number of carbonyl (C=O) groups excluding carboxylic acids is 1. The zero-order valence-electron chi connectivity index (χ0n) is 13.7. The normalized spacial score (nSPS) is 9.64. The van der Waals surface area contributed by atoms with Gasteiger partial charge in [0.25, 0.3) is 5.69 Å². The van der Waals surface area contributed by atoms with E-state index in [9.17, 15) is 14.9 Å². The average Bonchev–Trinajstić information content (AvgIpc) is 2.61. The lowest BCUT2D eigenvalue weighted by molar-refractivity contribution is -0.385. The van der Waals surface area contributed by atoms with Crippen LogP contribution in [0.15, 0.2) is 42.6 Å². The smallest absolute Gasteiger partial charge is 0.407 e. The van der Waals surface area contributed by atoms with Crippen molar-refractivity contribution in [2.75, 3.05) is 6.54 Å². The van der Waals surface area contributed by atoms with Gasteiger partial charge in [0, 0.05) is 19.0 Å². The van der Waals surface area contributed by atoms with Crippen molar-refractivity contribution in [3.8, 4) is 11.8 Å². The van der Waals surface area contributed by atoms with Crippen molar-refractivity contribution in [1.82, 2.24) is 10.3 Å². The molecule has 0 saturated heterocycles. The maximum absolute atomic E-state index is 11.6. The molecule has 0 unspecified atom stereocenters. The average molecular weight is 339 g/mol. The fourth-order valence-corrected chi connectivity index (χ4v) is 1.91. The van der Waals surface area contributed by atoms with Crippen LogP contribution >= 0.6 is 0 Å². The Morgan fingerprint density at radius 2 is 2.12 bits per heavy atom. The Bertz CT molecular complexity index is 810. The van der Waals surface area contributed by atoms with Crippen LogP contribution in [0.4, 0.5) is 10.5 Å². The monoisotopic (exact) mass is 339 g/mol. The van der Waals surface area contributed by atoms with Gasteiger partial charge in [0.15, 0.2) is 0 Å². The molecule has 7 nitrogen and oxygen atoms in total. The molecule has 0 saturated carbocycles. The van der Waals surface area contributed by atoms with E-state index in [1.165, 1.54) is 12.3 Å². The molecule has 2 rings (SSSR count). The topological polar surface area (TPSA) is 94.4 Å². The summed E-state index contributed by atoms with van der Waals surface area (Å²) in [5.74, 6) is 5.69. The number of amides is 1. The highest BCUT2D eigenvalue weighted by molar-refractivity contribution is 5.67. The Labute approximate surface area is 145 Å². The molecule has 0 fully saturated rings. The summed E-state index contributed by atoms with van der Waals surface area (Å²) >= 11 is 0. The van der Waals surface area contributed by atoms with Crippen molar-refractivity contribution in [3.63, 3.8) is 0 Å². The molecule has 1 aromatic carbocycles. The quantitative estimate of drug-likeness (QED) is 0.391. The SMILES string of the molecule is Cc1ncc([N+](=O)[O-])cc1C#CCCNC(=O)OCc1ccccc1. The molecule has 1 amide bonds. The molecule has 0 aliphatic heterocycles. The van der Waals surface area contributed by atoms with E-state index in [0.29, 0.717) is 24.2 Å². The van der Waals surface area contributed by atoms with Crippen LogP contribution in [0.25, 0.3) is 0 Å². The van der Waals surface area contributed by atoms with Crippen LogP contribution in [0.3, 0.4) is 0 Å². The minimum absolute atomic E-state index is 0.0995. The van der Waals surface area contributed by atoms with E-state index in [1.54, 1.807) is 6.92 Å². The van der Waals surface area contributed by atoms with E-state index >= 15 is 0 Å². The highest BCUT2D eigenvalue weighted by Crippen LogP contribution is 2.13. The first kappa shape index (κ1) is 17.9. The third kappa shape index (κ3) is 5.95. The fourth-order valence-electron chi connectivity index (χ4n) is 1.91. The molecule has 25 heavy (non-hydrogen) atoms. The molecular formula is C18H17N3O4. The largest absolute Gasteiger partial charge is 0.445 e. The second-order valence-electron chi connectivity index (χ2n) is 5.12. The van der Waals surface area contributed by atoms with Crippen LogP contribution in [0.2, 0.25) is 0 Å². The number of hydrogen-bond donors (Lipinski definition) is 1. The van der Waals surface area contributed by atoms with E-state index in [4.69, 9.17) is 4.74 Å². The van der Waals surface area contributed by atoms with E-state index in [0.717, 1.165) is 5.56 Å². The van der Waals surface area contributed by atoms with Crippen LogP contribution < -0.4 is 5.32 Å². The zero-order valence-corrected chi connectivity index (χ0v) is 13.7. The Hall–Kier alpha value is -3.40. The van der Waals surface area contributed by atoms with Crippen LogP contribution in [-0.2, 0) is 11.3 Å². The number of carbonyl (C=O) groups is 1. The van der Waals surface area contributed by atoms with E-state index < -0.39 is 11.0 Å². The molecule has 0 aliphatic rings. The van der Waals surface area contributed by atoms with Gasteiger partial charge in [-0.2, -0.15) is 0 Å². The first-order chi connectivity index (χ1) is 12.1. The van der Waals surface area contributed by atoms with Gasteiger partial charge in [0.2, 0.25) is 0 Å². The Kier molecular flexibility index (Phi) is 6.48. The predicted octanol–water partition coefficient (Wildman–Crippen LogP) is 2.97. The number of aryl methyl sites for hydroxylation is 1. The van der Waals surface area contributed by atoms with Gasteiger partial charge in [-0.25, -0.2) is 4.79 Å². The molecule has 1 N–H and O–H groups in total. The highest BCUT2D eigenvalue weighted by atomic mass is 16.6. The Morgan fingerprint density at radius 1 is 1.36 bits per heavy atom. The summed E-state index contributed by atoms with van der Waals surface area (Å²) in [5.41, 5.74) is 1.93. The minimum Gasteiger partial charge on any atom is -0.445 e. The van der Waals surface area contributed by atoms with E-state index in [1.807, 2.05) is 30.3 Å². The molecule has 0 radical (unpaired) electrons. The second kappa shape index (κ2) is 9.03. The van der Waals surface area contributed by atoms with Gasteiger partial charge >= 0.3 is 6.09 Å². The summed E-state index contributed by atoms with van der Waals surface area (Å²) in [4.78, 5) is 25.7. The van der Waals surface area contributed by atoms with Crippen molar-refractivity contribution in [2.24, 2.45) is 0 Å². The van der Waals surface area contributed by atoms with Crippen LogP contribution in [0.1, 0.15) is 23.2 Å². The number of aromatic nitrogens is 1. The molecule has 1 aromatic heterocycles. The number of nitrogens with zero attached hydrogens (tertiary/aromatic N) is 2. The first-order valence-electron chi connectivity index (χ1n) is 7.60. The van der Waals surface area contributed by atoms with Crippen molar-refractivity contribution < 1.29 is 14.5 Å².